The predicted octanol–water partition coefficient (Wildman–Crippen LogP) is 7.83. The maximum Gasteiger partial charge on any atom is 0.456 e. The van der Waals surface area contributed by atoms with E-state index in [0.717, 1.165) is 27.8 Å². The number of aromatic carboxylic acids is 1. The first-order valence-corrected chi connectivity index (χ1v) is 15.0. The number of halogens is 5. The first-order chi connectivity index (χ1) is 20.7. The summed E-state index contributed by atoms with van der Waals surface area (Å²) in [7, 11) is 0. The number of allylic oxidation sites excluding steroid dienone is 4. The van der Waals surface area contributed by atoms with Crippen LogP contribution in [0.2, 0.25) is 0 Å². The Hall–Kier alpha value is -3.53. The van der Waals surface area contributed by atoms with Gasteiger partial charge in [0.05, 0.1) is 5.56 Å². The van der Waals surface area contributed by atoms with Crippen molar-refractivity contribution in [3.63, 3.8) is 0 Å². The number of nitrogens with one attached hydrogen (secondary N) is 1. The Morgan fingerprint density at radius 1 is 1.00 bits per heavy atom. The van der Waals surface area contributed by atoms with Crippen LogP contribution in [0.15, 0.2) is 71.3 Å². The van der Waals surface area contributed by atoms with E-state index in [1.165, 1.54) is 13.0 Å². The van der Waals surface area contributed by atoms with Crippen LogP contribution >= 0.6 is 0 Å². The summed E-state index contributed by atoms with van der Waals surface area (Å²) in [5, 5.41) is 24.0. The molecular formula is C34H34F5NO4. The average Bonchev–Trinajstić information content (AvgIpc) is 3.26. The summed E-state index contributed by atoms with van der Waals surface area (Å²) in [6, 6.07) is 13.8. The lowest BCUT2D eigenvalue weighted by molar-refractivity contribution is -0.362. The lowest BCUT2D eigenvalue weighted by atomic mass is 9.50. The summed E-state index contributed by atoms with van der Waals surface area (Å²) in [4.78, 5) is 23.8. The minimum atomic E-state index is -5.89. The van der Waals surface area contributed by atoms with Crippen molar-refractivity contribution < 1.29 is 41.8 Å². The fourth-order valence-electron chi connectivity index (χ4n) is 8.60. The molecule has 0 heterocycles. The van der Waals surface area contributed by atoms with Gasteiger partial charge in [-0.25, -0.2) is 4.79 Å². The van der Waals surface area contributed by atoms with Gasteiger partial charge in [0.1, 0.15) is 5.60 Å². The molecule has 5 nitrogen and oxygen atoms in total. The number of para-hydroxylation sites is 1. The van der Waals surface area contributed by atoms with Gasteiger partial charge in [0.15, 0.2) is 5.78 Å². The smallest absolute Gasteiger partial charge is 0.456 e. The SMILES string of the molecule is C[C@]12C[C@H](c3ccc(CNc4ccccc4C(=O)O)cc3)C3=C4CCC(=O)C=C4CC[C@H]3[C@@H]1CC[C@@]2(O)C(F)(F)C(F)(F)F. The maximum absolute atomic E-state index is 15.2. The molecule has 6 rings (SSSR count). The van der Waals surface area contributed by atoms with Crippen LogP contribution < -0.4 is 5.32 Å². The van der Waals surface area contributed by atoms with Gasteiger partial charge >= 0.3 is 18.1 Å². The molecule has 0 amide bonds. The third-order valence-corrected chi connectivity index (χ3v) is 10.8. The topological polar surface area (TPSA) is 86.6 Å². The molecule has 0 unspecified atom stereocenters. The van der Waals surface area contributed by atoms with Gasteiger partial charge in [-0.15, -0.1) is 0 Å². The Morgan fingerprint density at radius 3 is 2.39 bits per heavy atom. The van der Waals surface area contributed by atoms with E-state index < -0.39 is 47.3 Å². The molecule has 3 N–H and O–H groups in total. The first-order valence-electron chi connectivity index (χ1n) is 15.0. The second kappa shape index (κ2) is 10.5. The van der Waals surface area contributed by atoms with E-state index in [0.29, 0.717) is 37.9 Å². The zero-order valence-corrected chi connectivity index (χ0v) is 24.2. The average molecular weight is 616 g/mol. The van der Waals surface area contributed by atoms with Crippen LogP contribution in [0.5, 0.6) is 0 Å². The monoisotopic (exact) mass is 615 g/mol. The van der Waals surface area contributed by atoms with Crippen molar-refractivity contribution >= 4 is 17.4 Å². The summed E-state index contributed by atoms with van der Waals surface area (Å²) in [6.07, 6.45) is -3.01. The molecule has 2 aromatic carbocycles. The zero-order chi connectivity index (χ0) is 31.7. The molecule has 4 aliphatic rings. The number of alkyl halides is 5. The largest absolute Gasteiger partial charge is 0.478 e. The van der Waals surface area contributed by atoms with Gasteiger partial charge in [-0.2, -0.15) is 22.0 Å². The number of hydrogen-bond donors (Lipinski definition) is 3. The number of carboxylic acid groups (broad SMARTS) is 1. The highest BCUT2D eigenvalue weighted by Gasteiger charge is 2.79. The van der Waals surface area contributed by atoms with Crippen molar-refractivity contribution in [2.24, 2.45) is 17.3 Å². The van der Waals surface area contributed by atoms with E-state index >= 15 is 8.78 Å². The highest BCUT2D eigenvalue weighted by molar-refractivity contribution is 5.94. The van der Waals surface area contributed by atoms with Gasteiger partial charge < -0.3 is 15.5 Å². The van der Waals surface area contributed by atoms with E-state index in [2.05, 4.69) is 5.32 Å². The van der Waals surface area contributed by atoms with Gasteiger partial charge in [-0.05, 0) is 90.8 Å². The third kappa shape index (κ3) is 4.59. The van der Waals surface area contributed by atoms with Crippen LogP contribution in [-0.2, 0) is 11.3 Å². The van der Waals surface area contributed by atoms with Gasteiger partial charge in [0.25, 0.3) is 0 Å². The highest BCUT2D eigenvalue weighted by atomic mass is 19.4. The van der Waals surface area contributed by atoms with Crippen LogP contribution in [-0.4, -0.2) is 39.7 Å². The van der Waals surface area contributed by atoms with E-state index in [1.807, 2.05) is 24.3 Å². The molecule has 2 fully saturated rings. The molecular weight excluding hydrogens is 581 g/mol. The Kier molecular flexibility index (Phi) is 7.30. The summed E-state index contributed by atoms with van der Waals surface area (Å²) in [6.45, 7) is 1.71. The maximum atomic E-state index is 15.2. The van der Waals surface area contributed by atoms with Crippen LogP contribution in [0.1, 0.15) is 79.3 Å². The number of anilines is 1. The summed E-state index contributed by atoms with van der Waals surface area (Å²) in [5.41, 5.74) is 0.124. The number of ketones is 1. The minimum absolute atomic E-state index is 0.0291. The fourth-order valence-corrected chi connectivity index (χ4v) is 8.60. The number of benzene rings is 2. The summed E-state index contributed by atoms with van der Waals surface area (Å²) in [5.74, 6) is -7.68. The second-order valence-electron chi connectivity index (χ2n) is 12.9. The van der Waals surface area contributed by atoms with E-state index in [9.17, 15) is 33.0 Å². The lowest BCUT2D eigenvalue weighted by Gasteiger charge is -2.56. The van der Waals surface area contributed by atoms with E-state index in [-0.39, 0.29) is 30.1 Å². The number of carboxylic acids is 1. The Labute approximate surface area is 251 Å². The second-order valence-corrected chi connectivity index (χ2v) is 12.9. The quantitative estimate of drug-likeness (QED) is 0.289. The fraction of sp³-hybridized carbons (Fsp3) is 0.471. The number of carbonyl (C=O) groups is 2. The van der Waals surface area contributed by atoms with Crippen molar-refractivity contribution in [1.29, 1.82) is 0 Å². The highest BCUT2D eigenvalue weighted by Crippen LogP contribution is 2.70. The van der Waals surface area contributed by atoms with Crippen molar-refractivity contribution in [3.05, 3.63) is 88.0 Å². The molecule has 0 spiro atoms. The number of rotatable bonds is 6. The van der Waals surface area contributed by atoms with Crippen LogP contribution in [0.4, 0.5) is 27.6 Å². The molecule has 2 saturated carbocycles. The van der Waals surface area contributed by atoms with Crippen molar-refractivity contribution in [3.8, 4) is 0 Å². The van der Waals surface area contributed by atoms with Gasteiger partial charge in [0.2, 0.25) is 0 Å². The van der Waals surface area contributed by atoms with Crippen LogP contribution in [0.3, 0.4) is 0 Å². The first kappa shape index (κ1) is 30.5. The Morgan fingerprint density at radius 2 is 1.70 bits per heavy atom. The van der Waals surface area contributed by atoms with Crippen molar-refractivity contribution in [2.75, 3.05) is 5.32 Å². The summed E-state index contributed by atoms with van der Waals surface area (Å²) >= 11 is 0. The normalized spacial score (nSPS) is 30.3. The van der Waals surface area contributed by atoms with Gasteiger partial charge in [-0.1, -0.05) is 48.9 Å². The number of fused-ring (bicyclic) bond motifs is 4. The molecule has 2 aromatic rings. The van der Waals surface area contributed by atoms with Crippen LogP contribution in [0, 0.1) is 17.3 Å². The molecule has 0 bridgehead atoms. The zero-order valence-electron chi connectivity index (χ0n) is 24.2. The standard InChI is InChI=1S/C34H34F5NO4/c1-31-17-26(20-8-6-19(7-9-20)18-40-28-5-3-2-4-25(28)30(42)43)29-23-13-11-22(41)16-21(23)10-12-24(29)27(31)14-15-32(31,44)33(35,36)34(37,38)39/h2-9,16,24,26-27,40,44H,10-15,17-18H2,1H3,(H,42,43)/t24-,26+,27-,31-,32-/m0/s1. The van der Waals surface area contributed by atoms with Gasteiger partial charge in [0, 0.05) is 30.0 Å². The predicted molar refractivity (Wildman–Crippen MR) is 153 cm³/mol. The molecule has 10 heteroatoms. The number of aliphatic hydroxyl groups is 1. The third-order valence-electron chi connectivity index (χ3n) is 10.8. The molecule has 0 saturated heterocycles. The molecule has 4 aliphatic carbocycles. The lowest BCUT2D eigenvalue weighted by Crippen LogP contribution is -2.65. The number of carbonyl (C=O) groups excluding carboxylic acids is 1. The van der Waals surface area contributed by atoms with Crippen molar-refractivity contribution in [1.82, 2.24) is 0 Å². The van der Waals surface area contributed by atoms with E-state index in [1.54, 1.807) is 24.3 Å². The molecule has 0 radical (unpaired) electrons. The number of hydrogen-bond acceptors (Lipinski definition) is 4. The van der Waals surface area contributed by atoms with Crippen LogP contribution in [0.25, 0.3) is 0 Å². The minimum Gasteiger partial charge on any atom is -0.478 e. The van der Waals surface area contributed by atoms with Crippen molar-refractivity contribution in [2.45, 2.75) is 82.0 Å². The van der Waals surface area contributed by atoms with Gasteiger partial charge in [-0.3, -0.25) is 4.79 Å². The molecule has 234 valence electrons. The Balaban J connectivity index is 1.38. The molecule has 5 atom stereocenters. The Bertz CT molecular complexity index is 1560. The molecule has 0 aliphatic heterocycles. The molecule has 0 aromatic heterocycles. The summed E-state index contributed by atoms with van der Waals surface area (Å²) < 4.78 is 71.7. The van der Waals surface area contributed by atoms with E-state index in [4.69, 9.17) is 0 Å². The molecule has 44 heavy (non-hydrogen) atoms.